The summed E-state index contributed by atoms with van der Waals surface area (Å²) in [6.45, 7) is 2.02. The molecule has 0 spiro atoms. The van der Waals surface area contributed by atoms with Crippen molar-refractivity contribution in [2.45, 2.75) is 6.42 Å². The Morgan fingerprint density at radius 2 is 1.52 bits per heavy atom. The maximum Gasteiger partial charge on any atom is 0.407 e. The minimum atomic E-state index is -0.904. The Morgan fingerprint density at radius 1 is 1.00 bits per heavy atom. The Labute approximate surface area is 127 Å². The number of aliphatic carboxylic acids is 1. The zero-order valence-corrected chi connectivity index (χ0v) is 12.2. The molecule has 0 saturated carbocycles. The van der Waals surface area contributed by atoms with Gasteiger partial charge in [-0.05, 0) is 5.56 Å². The lowest BCUT2D eigenvalue weighted by molar-refractivity contribution is -0.136. The van der Waals surface area contributed by atoms with Gasteiger partial charge in [-0.25, -0.2) is 4.79 Å². The topological polar surface area (TPSA) is 81.1 Å². The van der Waals surface area contributed by atoms with Gasteiger partial charge in [0.1, 0.15) is 4.99 Å². The molecule has 6 nitrogen and oxygen atoms in total. The molecule has 0 unspecified atom stereocenters. The molecule has 7 heteroatoms. The fourth-order valence-corrected chi connectivity index (χ4v) is 2.54. The fourth-order valence-electron chi connectivity index (χ4n) is 2.22. The number of carboxylic acids is 1. The molecule has 0 bridgehead atoms. The average Bonchev–Trinajstić information content (AvgIpc) is 2.47. The number of rotatable bonds is 3. The Balaban J connectivity index is 1.97. The minimum absolute atomic E-state index is 0.00960. The van der Waals surface area contributed by atoms with Crippen LogP contribution >= 0.6 is 12.2 Å². The molecule has 1 fully saturated rings. The van der Waals surface area contributed by atoms with E-state index < -0.39 is 12.1 Å². The zero-order valence-electron chi connectivity index (χ0n) is 11.4. The van der Waals surface area contributed by atoms with Crippen molar-refractivity contribution in [1.82, 2.24) is 9.80 Å². The van der Waals surface area contributed by atoms with Crippen LogP contribution in [0.4, 0.5) is 4.79 Å². The van der Waals surface area contributed by atoms with Gasteiger partial charge in [0.25, 0.3) is 0 Å². The molecule has 0 atom stereocenters. The second kappa shape index (κ2) is 6.53. The summed E-state index contributed by atoms with van der Waals surface area (Å²) in [6, 6.07) is 7.13. The molecule has 0 aromatic heterocycles. The first-order chi connectivity index (χ1) is 9.97. The SMILES string of the molecule is O=C(O)Cc1ccc(C(=S)N2CCN(C(=O)O)CC2)cc1. The highest BCUT2D eigenvalue weighted by atomic mass is 32.1. The van der Waals surface area contributed by atoms with Gasteiger partial charge >= 0.3 is 12.1 Å². The molecule has 1 aliphatic rings. The highest BCUT2D eigenvalue weighted by Crippen LogP contribution is 2.12. The largest absolute Gasteiger partial charge is 0.481 e. The highest BCUT2D eigenvalue weighted by molar-refractivity contribution is 7.80. The van der Waals surface area contributed by atoms with E-state index in [1.807, 2.05) is 17.0 Å². The van der Waals surface area contributed by atoms with E-state index in [0.717, 1.165) is 11.1 Å². The first kappa shape index (κ1) is 15.2. The maximum absolute atomic E-state index is 10.9. The molecule has 0 radical (unpaired) electrons. The number of nitrogens with zero attached hydrogens (tertiary/aromatic N) is 2. The van der Waals surface area contributed by atoms with Gasteiger partial charge in [0.2, 0.25) is 0 Å². The molecule has 112 valence electrons. The lowest BCUT2D eigenvalue weighted by Crippen LogP contribution is -2.50. The van der Waals surface area contributed by atoms with Crippen molar-refractivity contribution in [3.8, 4) is 0 Å². The smallest absolute Gasteiger partial charge is 0.407 e. The lowest BCUT2D eigenvalue weighted by Gasteiger charge is -2.34. The molecule has 2 N–H and O–H groups in total. The average molecular weight is 308 g/mol. The monoisotopic (exact) mass is 308 g/mol. The third-order valence-corrected chi connectivity index (χ3v) is 3.89. The van der Waals surface area contributed by atoms with Crippen LogP contribution in [0.5, 0.6) is 0 Å². The van der Waals surface area contributed by atoms with Gasteiger partial charge in [-0.2, -0.15) is 0 Å². The summed E-state index contributed by atoms with van der Waals surface area (Å²) in [6.07, 6.45) is -0.914. The van der Waals surface area contributed by atoms with Crippen LogP contribution < -0.4 is 0 Å². The molecule has 1 saturated heterocycles. The normalized spacial score (nSPS) is 14.9. The lowest BCUT2D eigenvalue weighted by atomic mass is 10.1. The van der Waals surface area contributed by atoms with Crippen LogP contribution in [0.2, 0.25) is 0 Å². The number of thiocarbonyl (C=S) groups is 1. The first-order valence-electron chi connectivity index (χ1n) is 6.55. The van der Waals surface area contributed by atoms with Crippen molar-refractivity contribution in [3.63, 3.8) is 0 Å². The summed E-state index contributed by atoms with van der Waals surface area (Å²) in [4.78, 5) is 25.5. The third-order valence-electron chi connectivity index (χ3n) is 3.39. The summed E-state index contributed by atoms with van der Waals surface area (Å²) in [5.41, 5.74) is 1.58. The quantitative estimate of drug-likeness (QED) is 0.819. The number of carbonyl (C=O) groups is 2. The van der Waals surface area contributed by atoms with Crippen molar-refractivity contribution in [2.24, 2.45) is 0 Å². The summed E-state index contributed by atoms with van der Waals surface area (Å²) >= 11 is 5.42. The van der Waals surface area contributed by atoms with E-state index in [1.165, 1.54) is 4.90 Å². The van der Waals surface area contributed by atoms with E-state index in [-0.39, 0.29) is 6.42 Å². The van der Waals surface area contributed by atoms with Crippen molar-refractivity contribution in [3.05, 3.63) is 35.4 Å². The summed E-state index contributed by atoms with van der Waals surface area (Å²) in [5, 5.41) is 17.6. The van der Waals surface area contributed by atoms with E-state index in [9.17, 15) is 9.59 Å². The Kier molecular flexibility index (Phi) is 4.74. The van der Waals surface area contributed by atoms with Gasteiger partial charge in [0, 0.05) is 31.7 Å². The molecule has 21 heavy (non-hydrogen) atoms. The zero-order chi connectivity index (χ0) is 15.4. The second-order valence-electron chi connectivity index (χ2n) is 4.83. The van der Waals surface area contributed by atoms with E-state index in [1.54, 1.807) is 12.1 Å². The standard InChI is InChI=1S/C14H16N2O4S/c17-12(18)9-10-1-3-11(4-2-10)13(21)15-5-7-16(8-6-15)14(19)20/h1-4H,5-9H2,(H,17,18)(H,19,20). The molecule has 1 aromatic rings. The van der Waals surface area contributed by atoms with Crippen LogP contribution in [0.1, 0.15) is 11.1 Å². The Bertz CT molecular complexity index is 551. The van der Waals surface area contributed by atoms with E-state index in [2.05, 4.69) is 0 Å². The maximum atomic E-state index is 10.9. The van der Waals surface area contributed by atoms with Crippen LogP contribution in [-0.4, -0.2) is 63.2 Å². The predicted molar refractivity (Wildman–Crippen MR) is 80.7 cm³/mol. The minimum Gasteiger partial charge on any atom is -0.481 e. The third kappa shape index (κ3) is 3.91. The summed E-state index contributed by atoms with van der Waals surface area (Å²) < 4.78 is 0. The van der Waals surface area contributed by atoms with Gasteiger partial charge < -0.3 is 20.0 Å². The number of hydrogen-bond acceptors (Lipinski definition) is 3. The van der Waals surface area contributed by atoms with Crippen LogP contribution in [0, 0.1) is 0 Å². The predicted octanol–water partition coefficient (Wildman–Crippen LogP) is 1.28. The number of carboxylic acid groups (broad SMARTS) is 2. The Morgan fingerprint density at radius 3 is 2.00 bits per heavy atom. The van der Waals surface area contributed by atoms with Crippen LogP contribution in [0.15, 0.2) is 24.3 Å². The number of piperazine rings is 1. The number of hydrogen-bond donors (Lipinski definition) is 2. The number of amides is 1. The van der Waals surface area contributed by atoms with Gasteiger partial charge in [0.05, 0.1) is 6.42 Å². The van der Waals surface area contributed by atoms with E-state index >= 15 is 0 Å². The van der Waals surface area contributed by atoms with Gasteiger partial charge in [-0.1, -0.05) is 36.5 Å². The highest BCUT2D eigenvalue weighted by Gasteiger charge is 2.22. The molecule has 1 heterocycles. The van der Waals surface area contributed by atoms with Crippen LogP contribution in [0.25, 0.3) is 0 Å². The van der Waals surface area contributed by atoms with Crippen molar-refractivity contribution < 1.29 is 19.8 Å². The summed E-state index contributed by atoms with van der Waals surface area (Å²) in [7, 11) is 0. The first-order valence-corrected chi connectivity index (χ1v) is 6.96. The summed E-state index contributed by atoms with van der Waals surface area (Å²) in [5.74, 6) is -0.866. The molecular formula is C14H16N2O4S. The molecule has 2 rings (SSSR count). The van der Waals surface area contributed by atoms with E-state index in [0.29, 0.717) is 31.2 Å². The molecule has 1 aliphatic heterocycles. The van der Waals surface area contributed by atoms with Crippen LogP contribution in [0.3, 0.4) is 0 Å². The number of benzene rings is 1. The van der Waals surface area contributed by atoms with Gasteiger partial charge in [-0.15, -0.1) is 0 Å². The van der Waals surface area contributed by atoms with Gasteiger partial charge in [-0.3, -0.25) is 4.79 Å². The van der Waals surface area contributed by atoms with Gasteiger partial charge in [0.15, 0.2) is 0 Å². The molecule has 0 aliphatic carbocycles. The fraction of sp³-hybridized carbons (Fsp3) is 0.357. The van der Waals surface area contributed by atoms with E-state index in [4.69, 9.17) is 22.4 Å². The molecule has 1 aromatic carbocycles. The Hall–Kier alpha value is -2.15. The second-order valence-corrected chi connectivity index (χ2v) is 5.22. The van der Waals surface area contributed by atoms with Crippen molar-refractivity contribution in [2.75, 3.05) is 26.2 Å². The molecular weight excluding hydrogens is 292 g/mol. The van der Waals surface area contributed by atoms with Crippen LogP contribution in [-0.2, 0) is 11.2 Å². The van der Waals surface area contributed by atoms with Crippen molar-refractivity contribution >= 4 is 29.3 Å². The van der Waals surface area contributed by atoms with Crippen molar-refractivity contribution in [1.29, 1.82) is 0 Å². The molecule has 1 amide bonds.